The Morgan fingerprint density at radius 2 is 1.62 bits per heavy atom. The lowest BCUT2D eigenvalue weighted by atomic mass is 10.1. The van der Waals surface area contributed by atoms with E-state index in [0.717, 1.165) is 10.8 Å². The third-order valence-electron chi connectivity index (χ3n) is 3.90. The van der Waals surface area contributed by atoms with Crippen molar-refractivity contribution in [1.29, 1.82) is 0 Å². The summed E-state index contributed by atoms with van der Waals surface area (Å²) in [5, 5.41) is 5.09. The first-order chi connectivity index (χ1) is 12.4. The highest BCUT2D eigenvalue weighted by atomic mass is 35.5. The molecule has 2 N–H and O–H groups in total. The topological polar surface area (TPSA) is 75.3 Å². The van der Waals surface area contributed by atoms with Gasteiger partial charge in [0.05, 0.1) is 10.9 Å². The van der Waals surface area contributed by atoms with Gasteiger partial charge >= 0.3 is 0 Å². The fraction of sp³-hybridized carbons (Fsp3) is 0.105. The Bertz CT molecular complexity index is 1040. The number of benzene rings is 3. The summed E-state index contributed by atoms with van der Waals surface area (Å²) in [5.74, 6) is -0.445. The van der Waals surface area contributed by atoms with E-state index in [4.69, 9.17) is 11.6 Å². The molecule has 0 aromatic heterocycles. The molecule has 3 rings (SSSR count). The zero-order valence-electron chi connectivity index (χ0n) is 13.9. The summed E-state index contributed by atoms with van der Waals surface area (Å²) in [6.45, 7) is 1.49. The van der Waals surface area contributed by atoms with E-state index in [9.17, 15) is 13.2 Å². The molecule has 26 heavy (non-hydrogen) atoms. The van der Waals surface area contributed by atoms with Gasteiger partial charge in [-0.15, -0.1) is 0 Å². The SMILES string of the molecule is C[C@@H](NS(=O)(=O)c1ccc(Cl)cc1)C(=O)Nc1cccc2ccccc12. The number of hydrogen-bond acceptors (Lipinski definition) is 3. The Balaban J connectivity index is 1.76. The molecule has 0 heterocycles. The van der Waals surface area contributed by atoms with Gasteiger partial charge in [0.15, 0.2) is 0 Å². The molecule has 7 heteroatoms. The Labute approximate surface area is 157 Å². The van der Waals surface area contributed by atoms with Crippen molar-refractivity contribution in [3.63, 3.8) is 0 Å². The van der Waals surface area contributed by atoms with E-state index in [2.05, 4.69) is 10.0 Å². The number of rotatable bonds is 5. The van der Waals surface area contributed by atoms with Crippen LogP contribution in [0.1, 0.15) is 6.92 Å². The zero-order chi connectivity index (χ0) is 18.7. The molecule has 5 nitrogen and oxygen atoms in total. The number of nitrogens with one attached hydrogen (secondary N) is 2. The number of sulfonamides is 1. The van der Waals surface area contributed by atoms with Crippen molar-refractivity contribution < 1.29 is 13.2 Å². The summed E-state index contributed by atoms with van der Waals surface area (Å²) in [4.78, 5) is 12.5. The number of carbonyl (C=O) groups is 1. The van der Waals surface area contributed by atoms with Crippen molar-refractivity contribution in [2.75, 3.05) is 5.32 Å². The maximum absolute atomic E-state index is 12.5. The quantitative estimate of drug-likeness (QED) is 0.698. The van der Waals surface area contributed by atoms with Gasteiger partial charge in [-0.1, -0.05) is 48.0 Å². The van der Waals surface area contributed by atoms with Crippen LogP contribution in [0, 0.1) is 0 Å². The van der Waals surface area contributed by atoms with Crippen LogP contribution in [-0.4, -0.2) is 20.4 Å². The first-order valence-electron chi connectivity index (χ1n) is 7.93. The van der Waals surface area contributed by atoms with Gasteiger partial charge in [-0.25, -0.2) is 8.42 Å². The molecule has 0 radical (unpaired) electrons. The molecular formula is C19H17ClN2O3S. The second-order valence-electron chi connectivity index (χ2n) is 5.81. The highest BCUT2D eigenvalue weighted by Gasteiger charge is 2.22. The van der Waals surface area contributed by atoms with Crippen LogP contribution >= 0.6 is 11.6 Å². The van der Waals surface area contributed by atoms with E-state index in [1.165, 1.54) is 31.2 Å². The van der Waals surface area contributed by atoms with E-state index in [-0.39, 0.29) is 4.90 Å². The molecule has 0 saturated carbocycles. The molecule has 1 amide bonds. The van der Waals surface area contributed by atoms with Crippen molar-refractivity contribution in [2.45, 2.75) is 17.9 Å². The summed E-state index contributed by atoms with van der Waals surface area (Å²) in [5.41, 5.74) is 0.630. The molecule has 134 valence electrons. The predicted molar refractivity (Wildman–Crippen MR) is 104 cm³/mol. The maximum Gasteiger partial charge on any atom is 0.242 e. The van der Waals surface area contributed by atoms with Gasteiger partial charge in [0.25, 0.3) is 0 Å². The molecule has 0 aliphatic heterocycles. The van der Waals surface area contributed by atoms with Crippen molar-refractivity contribution in [1.82, 2.24) is 4.72 Å². The van der Waals surface area contributed by atoms with Crippen molar-refractivity contribution in [3.05, 3.63) is 71.8 Å². The molecule has 0 spiro atoms. The number of hydrogen-bond donors (Lipinski definition) is 2. The van der Waals surface area contributed by atoms with Gasteiger partial charge in [-0.3, -0.25) is 4.79 Å². The zero-order valence-corrected chi connectivity index (χ0v) is 15.5. The van der Waals surface area contributed by atoms with Gasteiger partial charge < -0.3 is 5.32 Å². The monoisotopic (exact) mass is 388 g/mol. The third kappa shape index (κ3) is 4.04. The largest absolute Gasteiger partial charge is 0.324 e. The number of carbonyl (C=O) groups excluding carboxylic acids is 1. The van der Waals surface area contributed by atoms with Crippen LogP contribution in [-0.2, 0) is 14.8 Å². The second kappa shape index (κ2) is 7.45. The van der Waals surface area contributed by atoms with Crippen molar-refractivity contribution >= 4 is 44.0 Å². The Morgan fingerprint density at radius 3 is 2.35 bits per heavy atom. The maximum atomic E-state index is 12.5. The average Bonchev–Trinajstić information content (AvgIpc) is 2.62. The number of fused-ring (bicyclic) bond motifs is 1. The number of halogens is 1. The summed E-state index contributed by atoms with van der Waals surface area (Å²) >= 11 is 5.78. The first-order valence-corrected chi connectivity index (χ1v) is 9.79. The van der Waals surface area contributed by atoms with Crippen LogP contribution in [0.15, 0.2) is 71.6 Å². The highest BCUT2D eigenvalue weighted by molar-refractivity contribution is 7.89. The van der Waals surface area contributed by atoms with Gasteiger partial charge in [-0.05, 0) is 42.6 Å². The minimum absolute atomic E-state index is 0.0479. The smallest absolute Gasteiger partial charge is 0.242 e. The van der Waals surface area contributed by atoms with E-state index >= 15 is 0 Å². The summed E-state index contributed by atoms with van der Waals surface area (Å²) in [6.07, 6.45) is 0. The van der Waals surface area contributed by atoms with Gasteiger partial charge in [0.1, 0.15) is 0 Å². The predicted octanol–water partition coefficient (Wildman–Crippen LogP) is 3.80. The summed E-state index contributed by atoms with van der Waals surface area (Å²) in [7, 11) is -3.83. The van der Waals surface area contributed by atoms with Crippen LogP contribution in [0.5, 0.6) is 0 Å². The second-order valence-corrected chi connectivity index (χ2v) is 7.96. The molecule has 1 atom stereocenters. The van der Waals surface area contributed by atoms with Crippen molar-refractivity contribution in [2.24, 2.45) is 0 Å². The van der Waals surface area contributed by atoms with Gasteiger partial charge in [0.2, 0.25) is 15.9 Å². The lowest BCUT2D eigenvalue weighted by molar-refractivity contribution is -0.117. The minimum Gasteiger partial charge on any atom is -0.324 e. The Kier molecular flexibility index (Phi) is 5.27. The summed E-state index contributed by atoms with van der Waals surface area (Å²) in [6, 6.07) is 18.0. The third-order valence-corrected chi connectivity index (χ3v) is 5.71. The molecular weight excluding hydrogens is 372 g/mol. The van der Waals surface area contributed by atoms with Crippen LogP contribution in [0.3, 0.4) is 0 Å². The van der Waals surface area contributed by atoms with E-state index in [0.29, 0.717) is 10.7 Å². The van der Waals surface area contributed by atoms with Gasteiger partial charge in [0, 0.05) is 16.1 Å². The fourth-order valence-electron chi connectivity index (χ4n) is 2.54. The van der Waals surface area contributed by atoms with Crippen LogP contribution < -0.4 is 10.0 Å². The molecule has 3 aromatic rings. The lowest BCUT2D eigenvalue weighted by Crippen LogP contribution is -2.41. The molecule has 0 bridgehead atoms. The van der Waals surface area contributed by atoms with Crippen LogP contribution in [0.4, 0.5) is 5.69 Å². The van der Waals surface area contributed by atoms with E-state index < -0.39 is 22.0 Å². The fourth-order valence-corrected chi connectivity index (χ4v) is 3.87. The molecule has 0 fully saturated rings. The number of anilines is 1. The molecule has 0 aliphatic rings. The average molecular weight is 389 g/mol. The van der Waals surface area contributed by atoms with Crippen LogP contribution in [0.25, 0.3) is 10.8 Å². The van der Waals surface area contributed by atoms with E-state index in [1.54, 1.807) is 6.07 Å². The Hall–Kier alpha value is -2.41. The molecule has 0 unspecified atom stereocenters. The van der Waals surface area contributed by atoms with Crippen molar-refractivity contribution in [3.8, 4) is 0 Å². The Morgan fingerprint density at radius 1 is 0.962 bits per heavy atom. The van der Waals surface area contributed by atoms with Gasteiger partial charge in [-0.2, -0.15) is 4.72 Å². The number of amides is 1. The summed E-state index contributed by atoms with van der Waals surface area (Å²) < 4.78 is 27.2. The first kappa shape index (κ1) is 18.4. The standard InChI is InChI=1S/C19H17ClN2O3S/c1-13(22-26(24,25)16-11-9-15(20)10-12-16)19(23)21-18-8-4-6-14-5-2-3-7-17(14)18/h2-13,22H,1H3,(H,21,23)/t13-/m1/s1. The molecule has 0 aliphatic carbocycles. The molecule has 3 aromatic carbocycles. The van der Waals surface area contributed by atoms with Crippen LogP contribution in [0.2, 0.25) is 5.02 Å². The minimum atomic E-state index is -3.83. The normalized spacial score (nSPS) is 12.7. The molecule has 0 saturated heterocycles. The highest BCUT2D eigenvalue weighted by Crippen LogP contribution is 2.23. The van der Waals surface area contributed by atoms with E-state index in [1.807, 2.05) is 36.4 Å². The lowest BCUT2D eigenvalue weighted by Gasteiger charge is -2.15.